The van der Waals surface area contributed by atoms with Gasteiger partial charge in [0.25, 0.3) is 0 Å². The molecule has 5 nitrogen and oxygen atoms in total. The van der Waals surface area contributed by atoms with Gasteiger partial charge in [0.15, 0.2) is 0 Å². The van der Waals surface area contributed by atoms with Gasteiger partial charge in [-0.25, -0.2) is 8.78 Å². The normalized spacial score (nSPS) is 28.2. The Morgan fingerprint density at radius 3 is 2.56 bits per heavy atom. The molecule has 0 unspecified atom stereocenters. The molecule has 2 aliphatic heterocycles. The second kappa shape index (κ2) is 6.86. The van der Waals surface area contributed by atoms with Gasteiger partial charge in [0, 0.05) is 44.7 Å². The van der Waals surface area contributed by atoms with Crippen LogP contribution in [0.25, 0.3) is 0 Å². The molecule has 27 heavy (non-hydrogen) atoms. The number of aliphatic carboxylic acids is 1. The van der Waals surface area contributed by atoms with E-state index in [2.05, 4.69) is 4.90 Å². The molecule has 1 aliphatic carbocycles. The van der Waals surface area contributed by atoms with Crippen molar-refractivity contribution >= 4 is 11.9 Å². The van der Waals surface area contributed by atoms with Crippen molar-refractivity contribution in [1.82, 2.24) is 9.80 Å². The Bertz CT molecular complexity index is 768. The van der Waals surface area contributed by atoms with Crippen molar-refractivity contribution in [3.8, 4) is 0 Å². The minimum atomic E-state index is -0.930. The highest BCUT2D eigenvalue weighted by molar-refractivity contribution is 5.83. The van der Waals surface area contributed by atoms with Crippen LogP contribution in [0.3, 0.4) is 0 Å². The number of benzene rings is 1. The topological polar surface area (TPSA) is 60.9 Å². The average molecular weight is 378 g/mol. The van der Waals surface area contributed by atoms with Gasteiger partial charge in [-0.05, 0) is 30.4 Å². The zero-order valence-electron chi connectivity index (χ0n) is 15.2. The molecular formula is C20H24F2N2O3. The fourth-order valence-corrected chi connectivity index (χ4v) is 4.78. The molecule has 0 aromatic heterocycles. The third kappa shape index (κ3) is 3.33. The molecule has 1 saturated carbocycles. The summed E-state index contributed by atoms with van der Waals surface area (Å²) in [4.78, 5) is 28.5. The van der Waals surface area contributed by atoms with Crippen LogP contribution in [0, 0.1) is 28.9 Å². The molecule has 2 atom stereocenters. The summed E-state index contributed by atoms with van der Waals surface area (Å²) in [5, 5.41) is 9.89. The van der Waals surface area contributed by atoms with E-state index in [4.69, 9.17) is 0 Å². The Morgan fingerprint density at radius 1 is 1.19 bits per heavy atom. The maximum absolute atomic E-state index is 13.8. The Hall–Kier alpha value is -2.02. The number of carbonyl (C=O) groups is 2. The van der Waals surface area contributed by atoms with E-state index in [0.717, 1.165) is 18.7 Å². The number of carboxylic acid groups (broad SMARTS) is 1. The molecule has 7 heteroatoms. The summed E-state index contributed by atoms with van der Waals surface area (Å²) >= 11 is 0. The Balaban J connectivity index is 1.43. The predicted octanol–water partition coefficient (Wildman–Crippen LogP) is 2.15. The summed E-state index contributed by atoms with van der Waals surface area (Å²) in [5.41, 5.74) is -0.796. The molecule has 3 fully saturated rings. The largest absolute Gasteiger partial charge is 0.481 e. The average Bonchev–Trinajstić information content (AvgIpc) is 3.08. The van der Waals surface area contributed by atoms with Crippen LogP contribution in [-0.2, 0) is 16.0 Å². The number of halogens is 2. The van der Waals surface area contributed by atoms with E-state index in [1.807, 2.05) is 0 Å². The van der Waals surface area contributed by atoms with Crippen LogP contribution in [0.2, 0.25) is 0 Å². The Morgan fingerprint density at radius 2 is 1.96 bits per heavy atom. The van der Waals surface area contributed by atoms with Gasteiger partial charge < -0.3 is 14.9 Å². The van der Waals surface area contributed by atoms with Crippen molar-refractivity contribution in [2.45, 2.75) is 25.7 Å². The number of fused-ring (bicyclic) bond motifs is 1. The molecule has 0 radical (unpaired) electrons. The highest BCUT2D eigenvalue weighted by Crippen LogP contribution is 2.44. The number of nitrogens with zero attached hydrogens (tertiary/aromatic N) is 2. The second-order valence-electron chi connectivity index (χ2n) is 8.34. The molecule has 1 aromatic rings. The number of amides is 1. The van der Waals surface area contributed by atoms with Crippen LogP contribution in [0.1, 0.15) is 24.8 Å². The molecular weight excluding hydrogens is 354 g/mol. The number of likely N-dealkylation sites (tertiary alicyclic amines) is 2. The van der Waals surface area contributed by atoms with Gasteiger partial charge in [-0.1, -0.05) is 12.5 Å². The lowest BCUT2D eigenvalue weighted by atomic mass is 9.81. The molecule has 1 amide bonds. The Kier molecular flexibility index (Phi) is 4.66. The summed E-state index contributed by atoms with van der Waals surface area (Å²) in [6.45, 7) is 2.65. The number of carbonyl (C=O) groups excluding carboxylic acids is 1. The number of hydrogen-bond acceptors (Lipinski definition) is 3. The number of carboxylic acids is 1. The van der Waals surface area contributed by atoms with Gasteiger partial charge in [-0.15, -0.1) is 0 Å². The first-order chi connectivity index (χ1) is 12.9. The summed E-state index contributed by atoms with van der Waals surface area (Å²) in [6.07, 6.45) is 3.51. The fraction of sp³-hybridized carbons (Fsp3) is 0.600. The van der Waals surface area contributed by atoms with E-state index < -0.39 is 23.0 Å². The van der Waals surface area contributed by atoms with Crippen molar-refractivity contribution in [3.05, 3.63) is 35.4 Å². The van der Waals surface area contributed by atoms with Gasteiger partial charge in [-0.3, -0.25) is 9.59 Å². The van der Waals surface area contributed by atoms with Gasteiger partial charge in [0.05, 0.1) is 6.42 Å². The lowest BCUT2D eigenvalue weighted by Gasteiger charge is -2.31. The van der Waals surface area contributed by atoms with E-state index >= 15 is 0 Å². The molecule has 1 aromatic carbocycles. The smallest absolute Gasteiger partial charge is 0.313 e. The zero-order valence-corrected chi connectivity index (χ0v) is 15.2. The molecule has 146 valence electrons. The predicted molar refractivity (Wildman–Crippen MR) is 94.0 cm³/mol. The van der Waals surface area contributed by atoms with E-state index in [1.54, 1.807) is 4.90 Å². The molecule has 3 aliphatic rings. The molecule has 4 rings (SSSR count). The van der Waals surface area contributed by atoms with Crippen molar-refractivity contribution in [3.63, 3.8) is 0 Å². The summed E-state index contributed by atoms with van der Waals surface area (Å²) in [6, 6.07) is 3.16. The lowest BCUT2D eigenvalue weighted by molar-refractivity contribution is -0.149. The molecule has 2 saturated heterocycles. The van der Waals surface area contributed by atoms with E-state index in [-0.39, 0.29) is 30.4 Å². The van der Waals surface area contributed by atoms with Crippen molar-refractivity contribution in [1.29, 1.82) is 0 Å². The van der Waals surface area contributed by atoms with Gasteiger partial charge in [-0.2, -0.15) is 0 Å². The van der Waals surface area contributed by atoms with Crippen LogP contribution in [0.5, 0.6) is 0 Å². The summed E-state index contributed by atoms with van der Waals surface area (Å²) in [5.74, 6) is -2.02. The first-order valence-corrected chi connectivity index (χ1v) is 9.55. The van der Waals surface area contributed by atoms with Gasteiger partial charge >= 0.3 is 5.97 Å². The van der Waals surface area contributed by atoms with E-state index in [9.17, 15) is 23.5 Å². The Labute approximate surface area is 156 Å². The highest BCUT2D eigenvalue weighted by Gasteiger charge is 2.58. The van der Waals surface area contributed by atoms with Crippen molar-refractivity contribution < 1.29 is 23.5 Å². The second-order valence-corrected chi connectivity index (χ2v) is 8.34. The molecule has 2 heterocycles. The molecule has 0 spiro atoms. The monoisotopic (exact) mass is 378 g/mol. The van der Waals surface area contributed by atoms with Crippen LogP contribution in [0.15, 0.2) is 18.2 Å². The summed E-state index contributed by atoms with van der Waals surface area (Å²) < 4.78 is 26.9. The van der Waals surface area contributed by atoms with E-state index in [1.165, 1.54) is 25.3 Å². The maximum atomic E-state index is 13.8. The van der Waals surface area contributed by atoms with E-state index in [0.29, 0.717) is 25.6 Å². The summed E-state index contributed by atoms with van der Waals surface area (Å²) in [7, 11) is 0. The third-order valence-corrected chi connectivity index (χ3v) is 6.56. The van der Waals surface area contributed by atoms with Crippen molar-refractivity contribution in [2.24, 2.45) is 17.3 Å². The van der Waals surface area contributed by atoms with Gasteiger partial charge in [0.2, 0.25) is 5.91 Å². The maximum Gasteiger partial charge on any atom is 0.313 e. The minimum Gasteiger partial charge on any atom is -0.481 e. The number of hydrogen-bond donors (Lipinski definition) is 1. The highest BCUT2D eigenvalue weighted by atomic mass is 19.1. The van der Waals surface area contributed by atoms with Crippen LogP contribution in [-0.4, -0.2) is 59.5 Å². The third-order valence-electron chi connectivity index (χ3n) is 6.56. The quantitative estimate of drug-likeness (QED) is 0.853. The first-order valence-electron chi connectivity index (χ1n) is 9.55. The van der Waals surface area contributed by atoms with Crippen LogP contribution < -0.4 is 0 Å². The molecule has 1 N–H and O–H groups in total. The first kappa shape index (κ1) is 18.3. The number of rotatable bonds is 5. The SMILES string of the molecule is O=C(Cc1ccc(F)cc1F)N1C[C@@H]2CN(CC3CCC3)C[C@]2(C(=O)O)C1. The standard InChI is InChI=1S/C20H24F2N2O3/c21-16-5-4-14(17(22)7-16)6-18(25)24-10-15-9-23(8-13-2-1-3-13)11-20(15,12-24)19(26)27/h4-5,7,13,15H,1-3,6,8-12H2,(H,26,27)/t15-,20-/m0/s1. The van der Waals surface area contributed by atoms with Crippen molar-refractivity contribution in [2.75, 3.05) is 32.7 Å². The van der Waals surface area contributed by atoms with Crippen LogP contribution >= 0.6 is 0 Å². The minimum absolute atomic E-state index is 0.0999. The zero-order chi connectivity index (χ0) is 19.2. The molecule has 0 bridgehead atoms. The van der Waals surface area contributed by atoms with Gasteiger partial charge in [0.1, 0.15) is 17.0 Å². The fourth-order valence-electron chi connectivity index (χ4n) is 4.78. The lowest BCUT2D eigenvalue weighted by Crippen LogP contribution is -2.43. The van der Waals surface area contributed by atoms with Crippen LogP contribution in [0.4, 0.5) is 8.78 Å².